The number of benzene rings is 3. The number of anilines is 2. The van der Waals surface area contributed by atoms with E-state index in [2.05, 4.69) is 10.6 Å². The van der Waals surface area contributed by atoms with Gasteiger partial charge in [0.25, 0.3) is 11.8 Å². The summed E-state index contributed by atoms with van der Waals surface area (Å²) in [6.07, 6.45) is 0. The summed E-state index contributed by atoms with van der Waals surface area (Å²) in [5, 5.41) is 8.40. The van der Waals surface area contributed by atoms with E-state index in [-0.39, 0.29) is 11.8 Å². The molecule has 5 rings (SSSR count). The summed E-state index contributed by atoms with van der Waals surface area (Å²) in [5.41, 5.74) is 2.00. The van der Waals surface area contributed by atoms with Crippen molar-refractivity contribution in [3.8, 4) is 0 Å². The van der Waals surface area contributed by atoms with Crippen molar-refractivity contribution in [3.05, 3.63) is 92.1 Å². The van der Waals surface area contributed by atoms with Crippen molar-refractivity contribution in [1.82, 2.24) is 0 Å². The molecule has 0 spiro atoms. The van der Waals surface area contributed by atoms with Gasteiger partial charge < -0.3 is 10.6 Å². The van der Waals surface area contributed by atoms with Crippen LogP contribution < -0.4 is 10.6 Å². The molecule has 33 heavy (non-hydrogen) atoms. The summed E-state index contributed by atoms with van der Waals surface area (Å²) >= 11 is 15.6. The lowest BCUT2D eigenvalue weighted by molar-refractivity contribution is 0.102. The van der Waals surface area contributed by atoms with Gasteiger partial charge in [0.1, 0.15) is 9.75 Å². The molecule has 5 aromatic rings. The van der Waals surface area contributed by atoms with Crippen LogP contribution in [0.1, 0.15) is 24.9 Å². The molecule has 0 unspecified atom stereocenters. The molecule has 0 saturated carbocycles. The zero-order chi connectivity index (χ0) is 23.1. The number of carbonyl (C=O) groups is 2. The van der Waals surface area contributed by atoms with Gasteiger partial charge in [0.05, 0.1) is 10.0 Å². The van der Waals surface area contributed by atoms with Gasteiger partial charge in [-0.3, -0.25) is 9.59 Å². The van der Waals surface area contributed by atoms with Gasteiger partial charge in [-0.05, 0) is 36.8 Å². The van der Waals surface area contributed by atoms with Gasteiger partial charge in [0.15, 0.2) is 0 Å². The van der Waals surface area contributed by atoms with E-state index in [0.29, 0.717) is 31.2 Å². The maximum Gasteiger partial charge on any atom is 0.267 e. The lowest BCUT2D eigenvalue weighted by atomic mass is 10.1. The van der Waals surface area contributed by atoms with Crippen LogP contribution in [0, 0.1) is 6.92 Å². The highest BCUT2D eigenvalue weighted by atomic mass is 35.5. The van der Waals surface area contributed by atoms with Gasteiger partial charge in [-0.1, -0.05) is 65.7 Å². The van der Waals surface area contributed by atoms with Crippen LogP contribution in [0.5, 0.6) is 0 Å². The quantitative estimate of drug-likeness (QED) is 0.255. The topological polar surface area (TPSA) is 58.2 Å². The molecule has 4 nitrogen and oxygen atoms in total. The number of carbonyl (C=O) groups excluding carboxylic acids is 2. The predicted molar refractivity (Wildman–Crippen MR) is 141 cm³/mol. The second-order valence-electron chi connectivity index (χ2n) is 7.42. The van der Waals surface area contributed by atoms with Gasteiger partial charge in [-0.15, -0.1) is 22.7 Å². The Kier molecular flexibility index (Phi) is 5.85. The average Bonchev–Trinajstić information content (AvgIpc) is 3.34. The van der Waals surface area contributed by atoms with Crippen LogP contribution in [0.2, 0.25) is 10.0 Å². The van der Waals surface area contributed by atoms with Crippen LogP contribution in [0.15, 0.2) is 66.7 Å². The Balaban J connectivity index is 1.39. The van der Waals surface area contributed by atoms with Crippen molar-refractivity contribution < 1.29 is 9.59 Å². The first-order valence-corrected chi connectivity index (χ1v) is 12.4. The van der Waals surface area contributed by atoms with Gasteiger partial charge in [0, 0.05) is 31.5 Å². The summed E-state index contributed by atoms with van der Waals surface area (Å²) in [4.78, 5) is 26.8. The van der Waals surface area contributed by atoms with Crippen LogP contribution in [0.4, 0.5) is 11.4 Å². The molecule has 0 saturated heterocycles. The molecule has 0 fully saturated rings. The zero-order valence-electron chi connectivity index (χ0n) is 17.2. The summed E-state index contributed by atoms with van der Waals surface area (Å²) in [7, 11) is 0. The van der Waals surface area contributed by atoms with Crippen LogP contribution in [-0.4, -0.2) is 11.8 Å². The molecule has 2 heterocycles. The molecule has 8 heteroatoms. The minimum atomic E-state index is -0.296. The number of rotatable bonds is 4. The first-order chi connectivity index (χ1) is 15.9. The minimum absolute atomic E-state index is 0.291. The molecular formula is C25H16Cl2N2O2S2. The fourth-order valence-electron chi connectivity index (χ4n) is 3.52. The fourth-order valence-corrected chi connectivity index (χ4v) is 6.35. The lowest BCUT2D eigenvalue weighted by Crippen LogP contribution is -2.14. The highest BCUT2D eigenvalue weighted by molar-refractivity contribution is 7.22. The maximum absolute atomic E-state index is 13.0. The lowest BCUT2D eigenvalue weighted by Gasteiger charge is -2.11. The first-order valence-electron chi connectivity index (χ1n) is 10.00. The monoisotopic (exact) mass is 510 g/mol. The molecule has 2 aromatic heterocycles. The number of fused-ring (bicyclic) bond motifs is 2. The standard InChI is InChI=1S/C25H16Cl2N2O2S2/c1-13-10-11-14(28-24(30)22-20(26)15-6-2-4-8-18(15)32-22)12-17(13)29-25(31)23-21(27)16-7-3-5-9-19(16)33-23/h2-12H,1H3,(H,28,30)(H,29,31). The minimum Gasteiger partial charge on any atom is -0.321 e. The molecule has 164 valence electrons. The fraction of sp³-hybridized carbons (Fsp3) is 0.0400. The molecule has 2 N–H and O–H groups in total. The van der Waals surface area contributed by atoms with Crippen molar-refractivity contribution >= 4 is 89.2 Å². The molecule has 0 aliphatic rings. The third-order valence-corrected chi connectivity index (χ3v) is 8.57. The molecule has 0 aliphatic heterocycles. The summed E-state index contributed by atoms with van der Waals surface area (Å²) in [6.45, 7) is 1.89. The predicted octanol–water partition coefficient (Wildman–Crippen LogP) is 8.24. The average molecular weight is 511 g/mol. The highest BCUT2D eigenvalue weighted by Gasteiger charge is 2.19. The highest BCUT2D eigenvalue weighted by Crippen LogP contribution is 2.37. The first kappa shape index (κ1) is 21.9. The largest absolute Gasteiger partial charge is 0.321 e. The van der Waals surface area contributed by atoms with Gasteiger partial charge in [-0.2, -0.15) is 0 Å². The van der Waals surface area contributed by atoms with Crippen molar-refractivity contribution in [1.29, 1.82) is 0 Å². The molecule has 0 atom stereocenters. The zero-order valence-corrected chi connectivity index (χ0v) is 20.4. The van der Waals surface area contributed by atoms with Crippen molar-refractivity contribution in [2.75, 3.05) is 10.6 Å². The van der Waals surface area contributed by atoms with E-state index in [4.69, 9.17) is 23.2 Å². The van der Waals surface area contributed by atoms with Crippen LogP contribution in [0.25, 0.3) is 20.2 Å². The van der Waals surface area contributed by atoms with E-state index in [1.54, 1.807) is 12.1 Å². The van der Waals surface area contributed by atoms with Crippen LogP contribution >= 0.6 is 45.9 Å². The van der Waals surface area contributed by atoms with Crippen molar-refractivity contribution in [2.24, 2.45) is 0 Å². The van der Waals surface area contributed by atoms with E-state index in [9.17, 15) is 9.59 Å². The summed E-state index contributed by atoms with van der Waals surface area (Å²) in [6, 6.07) is 20.6. The Labute approximate surface area is 207 Å². The Hall–Kier alpha value is -2.90. The van der Waals surface area contributed by atoms with E-state index >= 15 is 0 Å². The molecule has 0 radical (unpaired) electrons. The Morgan fingerprint density at radius 3 is 1.79 bits per heavy atom. The molecule has 3 aromatic carbocycles. The number of nitrogens with one attached hydrogen (secondary N) is 2. The van der Waals surface area contributed by atoms with E-state index in [1.165, 1.54) is 22.7 Å². The smallest absolute Gasteiger partial charge is 0.267 e. The van der Waals surface area contributed by atoms with Crippen LogP contribution in [-0.2, 0) is 0 Å². The number of aryl methyl sites for hydroxylation is 1. The molecule has 2 amide bonds. The van der Waals surface area contributed by atoms with E-state index < -0.39 is 0 Å². The maximum atomic E-state index is 13.0. The number of amides is 2. The second kappa shape index (κ2) is 8.80. The van der Waals surface area contributed by atoms with Gasteiger partial charge in [0.2, 0.25) is 0 Å². The van der Waals surface area contributed by atoms with Gasteiger partial charge >= 0.3 is 0 Å². The van der Waals surface area contributed by atoms with Crippen LogP contribution in [0.3, 0.4) is 0 Å². The van der Waals surface area contributed by atoms with E-state index in [1.807, 2.05) is 61.5 Å². The second-order valence-corrected chi connectivity index (χ2v) is 10.3. The third kappa shape index (κ3) is 4.11. The molecular weight excluding hydrogens is 495 g/mol. The van der Waals surface area contributed by atoms with Crippen molar-refractivity contribution in [2.45, 2.75) is 6.92 Å². The molecule has 0 bridgehead atoms. The number of hydrogen-bond acceptors (Lipinski definition) is 4. The number of halogens is 2. The Morgan fingerprint density at radius 1 is 0.727 bits per heavy atom. The number of thiophene rings is 2. The SMILES string of the molecule is Cc1ccc(NC(=O)c2sc3ccccc3c2Cl)cc1NC(=O)c1sc2ccccc2c1Cl. The summed E-state index contributed by atoms with van der Waals surface area (Å²) in [5.74, 6) is -0.588. The number of hydrogen-bond donors (Lipinski definition) is 2. The van der Waals surface area contributed by atoms with Crippen molar-refractivity contribution in [3.63, 3.8) is 0 Å². The Bertz CT molecular complexity index is 1560. The third-order valence-electron chi connectivity index (χ3n) is 5.23. The Morgan fingerprint density at radius 2 is 1.24 bits per heavy atom. The van der Waals surface area contributed by atoms with Gasteiger partial charge in [-0.25, -0.2) is 0 Å². The summed E-state index contributed by atoms with van der Waals surface area (Å²) < 4.78 is 1.90. The molecule has 0 aliphatic carbocycles. The van der Waals surface area contributed by atoms with E-state index in [0.717, 1.165) is 25.7 Å². The normalized spacial score (nSPS) is 11.1.